The number of carbonyl (C=O) groups is 1. The van der Waals surface area contributed by atoms with E-state index in [4.69, 9.17) is 9.52 Å². The largest absolute Gasteiger partial charge is 0.443 e. The van der Waals surface area contributed by atoms with Gasteiger partial charge in [0.25, 0.3) is 5.56 Å². The van der Waals surface area contributed by atoms with Gasteiger partial charge in [0.2, 0.25) is 5.91 Å². The first-order chi connectivity index (χ1) is 11.2. The zero-order valence-electron chi connectivity index (χ0n) is 12.2. The van der Waals surface area contributed by atoms with Gasteiger partial charge in [-0.3, -0.25) is 9.59 Å². The second kappa shape index (κ2) is 6.45. The number of oxazole rings is 1. The molecule has 0 aliphatic heterocycles. The zero-order chi connectivity index (χ0) is 16.2. The van der Waals surface area contributed by atoms with Crippen LogP contribution in [0.1, 0.15) is 5.56 Å². The molecule has 0 radical (unpaired) electrons. The van der Waals surface area contributed by atoms with Crippen molar-refractivity contribution in [3.63, 3.8) is 0 Å². The number of amides is 1. The summed E-state index contributed by atoms with van der Waals surface area (Å²) in [5, 5.41) is 11.7. The molecule has 2 N–H and O–H groups in total. The monoisotopic (exact) mass is 313 g/mol. The molecule has 1 amide bonds. The molecule has 0 saturated heterocycles. The van der Waals surface area contributed by atoms with Gasteiger partial charge in [0.15, 0.2) is 12.0 Å². The van der Waals surface area contributed by atoms with Crippen LogP contribution in [0.15, 0.2) is 52.1 Å². The van der Waals surface area contributed by atoms with Gasteiger partial charge < -0.3 is 19.4 Å². The first kappa shape index (κ1) is 15.0. The number of hydrogen-bond acceptors (Lipinski definition) is 5. The minimum atomic E-state index is -0.228. The maximum atomic E-state index is 12.1. The molecule has 3 aromatic rings. The van der Waals surface area contributed by atoms with E-state index < -0.39 is 0 Å². The Morgan fingerprint density at radius 3 is 3.00 bits per heavy atom. The van der Waals surface area contributed by atoms with Crippen molar-refractivity contribution in [2.45, 2.75) is 13.0 Å². The number of aliphatic hydroxyl groups is 1. The summed E-state index contributed by atoms with van der Waals surface area (Å²) in [4.78, 5) is 27.7. The number of anilines is 1. The highest BCUT2D eigenvalue weighted by molar-refractivity contribution is 5.92. The maximum Gasteiger partial charge on any atom is 0.250 e. The summed E-state index contributed by atoms with van der Waals surface area (Å²) in [6, 6.07) is 8.26. The Hall–Kier alpha value is -2.93. The number of carbonyl (C=O) groups excluding carboxylic acids is 1. The minimum absolute atomic E-state index is 0.144. The number of aliphatic hydroxyl groups excluding tert-OH is 1. The van der Waals surface area contributed by atoms with Gasteiger partial charge in [0.1, 0.15) is 5.52 Å². The smallest absolute Gasteiger partial charge is 0.250 e. The highest BCUT2D eigenvalue weighted by atomic mass is 16.3. The fourth-order valence-electron chi connectivity index (χ4n) is 2.29. The van der Waals surface area contributed by atoms with E-state index in [1.165, 1.54) is 29.3 Å². The van der Waals surface area contributed by atoms with E-state index in [9.17, 15) is 9.59 Å². The lowest BCUT2D eigenvalue weighted by Crippen LogP contribution is -2.22. The molecule has 0 unspecified atom stereocenters. The second-order valence-corrected chi connectivity index (χ2v) is 5.05. The molecule has 0 aliphatic carbocycles. The van der Waals surface area contributed by atoms with E-state index in [2.05, 4.69) is 10.3 Å². The van der Waals surface area contributed by atoms with Crippen molar-refractivity contribution in [2.24, 2.45) is 0 Å². The topological polar surface area (TPSA) is 97.4 Å². The number of nitrogens with one attached hydrogen (secondary N) is 1. The molecule has 0 fully saturated rings. The van der Waals surface area contributed by atoms with Gasteiger partial charge in [0, 0.05) is 18.8 Å². The van der Waals surface area contributed by atoms with E-state index in [0.29, 0.717) is 16.8 Å². The Morgan fingerprint density at radius 1 is 1.30 bits per heavy atom. The molecule has 2 aromatic heterocycles. The molecule has 1 aromatic carbocycles. The van der Waals surface area contributed by atoms with E-state index >= 15 is 0 Å². The number of fused-ring (bicyclic) bond motifs is 1. The third kappa shape index (κ3) is 3.46. The van der Waals surface area contributed by atoms with Crippen LogP contribution in [0, 0.1) is 0 Å². The number of pyridine rings is 1. The Kier molecular flexibility index (Phi) is 4.20. The van der Waals surface area contributed by atoms with Crippen LogP contribution in [0.2, 0.25) is 0 Å². The first-order valence-electron chi connectivity index (χ1n) is 7.09. The van der Waals surface area contributed by atoms with Gasteiger partial charge in [-0.25, -0.2) is 4.98 Å². The van der Waals surface area contributed by atoms with Crippen molar-refractivity contribution in [3.05, 3.63) is 58.8 Å². The quantitative estimate of drug-likeness (QED) is 0.737. The molecule has 0 spiro atoms. The summed E-state index contributed by atoms with van der Waals surface area (Å²) in [5.74, 6) is -0.206. The fourth-order valence-corrected chi connectivity index (χ4v) is 2.29. The molecule has 2 heterocycles. The summed E-state index contributed by atoms with van der Waals surface area (Å²) < 4.78 is 6.50. The molecular weight excluding hydrogens is 298 g/mol. The summed E-state index contributed by atoms with van der Waals surface area (Å²) in [7, 11) is 0. The summed E-state index contributed by atoms with van der Waals surface area (Å²) in [6.45, 7) is 0.0421. The summed E-state index contributed by atoms with van der Waals surface area (Å²) in [6.07, 6.45) is 3.05. The number of nitrogens with zero attached hydrogens (tertiary/aromatic N) is 2. The van der Waals surface area contributed by atoms with Crippen molar-refractivity contribution in [3.8, 4) is 0 Å². The van der Waals surface area contributed by atoms with Crippen molar-refractivity contribution in [1.82, 2.24) is 9.55 Å². The van der Waals surface area contributed by atoms with E-state index in [1.54, 1.807) is 18.2 Å². The number of rotatable bonds is 5. The molecule has 3 rings (SSSR count). The van der Waals surface area contributed by atoms with Crippen LogP contribution in [0.25, 0.3) is 11.1 Å². The lowest BCUT2D eigenvalue weighted by Gasteiger charge is -2.08. The van der Waals surface area contributed by atoms with Crippen LogP contribution >= 0.6 is 0 Å². The highest BCUT2D eigenvalue weighted by Crippen LogP contribution is 2.15. The standard InChI is InChI=1S/C16H15N3O4/c20-6-5-19-9-12(2-4-16(19)22)18-15(21)8-11-1-3-14-13(7-11)17-10-23-14/h1-4,7,9-10,20H,5-6,8H2,(H,18,21). The lowest BCUT2D eigenvalue weighted by molar-refractivity contribution is -0.115. The highest BCUT2D eigenvalue weighted by Gasteiger charge is 2.07. The van der Waals surface area contributed by atoms with E-state index in [-0.39, 0.29) is 31.0 Å². The van der Waals surface area contributed by atoms with Crippen molar-refractivity contribution < 1.29 is 14.3 Å². The predicted octanol–water partition coefficient (Wildman–Crippen LogP) is 1.16. The average Bonchev–Trinajstić information content (AvgIpc) is 2.98. The Morgan fingerprint density at radius 2 is 2.17 bits per heavy atom. The second-order valence-electron chi connectivity index (χ2n) is 5.05. The Labute approximate surface area is 131 Å². The summed E-state index contributed by atoms with van der Waals surface area (Å²) >= 11 is 0. The molecule has 0 bridgehead atoms. The minimum Gasteiger partial charge on any atom is -0.443 e. The molecule has 0 aliphatic rings. The van der Waals surface area contributed by atoms with Gasteiger partial charge in [-0.05, 0) is 23.8 Å². The number of benzene rings is 1. The van der Waals surface area contributed by atoms with Gasteiger partial charge >= 0.3 is 0 Å². The predicted molar refractivity (Wildman–Crippen MR) is 84.1 cm³/mol. The third-order valence-corrected chi connectivity index (χ3v) is 3.37. The molecular formula is C16H15N3O4. The van der Waals surface area contributed by atoms with Crippen LogP contribution in [-0.2, 0) is 17.8 Å². The Balaban J connectivity index is 1.71. The average molecular weight is 313 g/mol. The van der Waals surface area contributed by atoms with Crippen LogP contribution < -0.4 is 10.9 Å². The van der Waals surface area contributed by atoms with E-state index in [0.717, 1.165) is 5.56 Å². The van der Waals surface area contributed by atoms with Gasteiger partial charge in [-0.1, -0.05) is 6.07 Å². The molecule has 23 heavy (non-hydrogen) atoms. The van der Waals surface area contributed by atoms with Crippen molar-refractivity contribution >= 4 is 22.7 Å². The SMILES string of the molecule is O=C(Cc1ccc2ocnc2c1)Nc1ccc(=O)n(CCO)c1. The van der Waals surface area contributed by atoms with Crippen LogP contribution in [0.3, 0.4) is 0 Å². The third-order valence-electron chi connectivity index (χ3n) is 3.37. The van der Waals surface area contributed by atoms with Gasteiger partial charge in [-0.15, -0.1) is 0 Å². The molecule has 118 valence electrons. The lowest BCUT2D eigenvalue weighted by atomic mass is 10.1. The molecule has 7 heteroatoms. The molecule has 0 atom stereocenters. The molecule has 7 nitrogen and oxygen atoms in total. The van der Waals surface area contributed by atoms with Crippen LogP contribution in [0.5, 0.6) is 0 Å². The number of aromatic nitrogens is 2. The number of hydrogen-bond donors (Lipinski definition) is 2. The Bertz CT molecular complexity index is 897. The van der Waals surface area contributed by atoms with E-state index in [1.807, 2.05) is 0 Å². The van der Waals surface area contributed by atoms with Crippen LogP contribution in [0.4, 0.5) is 5.69 Å². The van der Waals surface area contributed by atoms with Crippen LogP contribution in [-0.4, -0.2) is 27.2 Å². The summed E-state index contributed by atoms with van der Waals surface area (Å²) in [5.41, 5.74) is 2.46. The van der Waals surface area contributed by atoms with Crippen molar-refractivity contribution in [1.29, 1.82) is 0 Å². The van der Waals surface area contributed by atoms with Crippen molar-refractivity contribution in [2.75, 3.05) is 11.9 Å². The normalized spacial score (nSPS) is 10.8. The molecule has 0 saturated carbocycles. The van der Waals surface area contributed by atoms with Gasteiger partial charge in [-0.2, -0.15) is 0 Å². The first-order valence-corrected chi connectivity index (χ1v) is 7.09. The zero-order valence-corrected chi connectivity index (χ0v) is 12.2. The fraction of sp³-hybridized carbons (Fsp3) is 0.188. The van der Waals surface area contributed by atoms with Gasteiger partial charge in [0.05, 0.1) is 18.7 Å². The maximum absolute atomic E-state index is 12.1.